The number of benzene rings is 2. The van der Waals surface area contributed by atoms with Gasteiger partial charge in [-0.2, -0.15) is 0 Å². The Morgan fingerprint density at radius 2 is 1.94 bits per heavy atom. The highest BCUT2D eigenvalue weighted by Crippen LogP contribution is 2.26. The van der Waals surface area contributed by atoms with Crippen LogP contribution in [0.2, 0.25) is 0 Å². The van der Waals surface area contributed by atoms with Gasteiger partial charge in [-0.3, -0.25) is 4.79 Å². The number of carboxylic acid groups (broad SMARTS) is 1. The van der Waals surface area contributed by atoms with E-state index < -0.39 is 17.7 Å². The molecule has 0 aliphatic heterocycles. The molecule has 0 spiro atoms. The molecule has 0 aliphatic rings. The molecule has 1 atom stereocenters. The summed E-state index contributed by atoms with van der Waals surface area (Å²) in [5.74, 6) is -3.68. The molecule has 3 heteroatoms. The average molecular weight is 245 g/mol. The van der Waals surface area contributed by atoms with Gasteiger partial charge in [0.25, 0.3) is 0 Å². The summed E-state index contributed by atoms with van der Waals surface area (Å²) in [6.07, 6.45) is 0. The van der Waals surface area contributed by atoms with Crippen LogP contribution >= 0.6 is 0 Å². The fourth-order valence-corrected chi connectivity index (χ4v) is 1.72. The molecular weight excluding hydrogens is 231 g/mol. The molecule has 0 fully saturated rings. The Bertz CT molecular complexity index is 609. The topological polar surface area (TPSA) is 37.3 Å². The zero-order valence-corrected chi connectivity index (χ0v) is 9.85. The second-order valence-corrected chi connectivity index (χ2v) is 3.99. The van der Waals surface area contributed by atoms with Crippen LogP contribution in [0.25, 0.3) is 11.1 Å². The number of halogens is 1. The molecule has 92 valence electrons. The summed E-state index contributed by atoms with van der Waals surface area (Å²) in [4.78, 5) is 11.0. The third-order valence-electron chi connectivity index (χ3n) is 2.81. The minimum absolute atomic E-state index is 0.122. The molecule has 0 amide bonds. The van der Waals surface area contributed by atoms with E-state index in [-0.39, 0.29) is 5.56 Å². The maximum atomic E-state index is 14.1. The number of carboxylic acids is 1. The number of rotatable bonds is 3. The fraction of sp³-hybridized carbons (Fsp3) is 0.133. The third kappa shape index (κ3) is 2.40. The van der Waals surface area contributed by atoms with Crippen LogP contribution in [0, 0.1) is 5.82 Å². The van der Waals surface area contributed by atoms with Gasteiger partial charge in [0.05, 0.1) is 5.89 Å². The van der Waals surface area contributed by atoms with E-state index in [1.807, 2.05) is 6.07 Å². The molecule has 0 saturated carbocycles. The van der Waals surface area contributed by atoms with Crippen LogP contribution in [0.4, 0.5) is 4.39 Å². The van der Waals surface area contributed by atoms with Gasteiger partial charge < -0.3 is 5.11 Å². The third-order valence-corrected chi connectivity index (χ3v) is 2.81. The van der Waals surface area contributed by atoms with Crippen molar-refractivity contribution in [2.45, 2.75) is 12.8 Å². The van der Waals surface area contributed by atoms with E-state index in [0.717, 1.165) is 6.07 Å². The summed E-state index contributed by atoms with van der Waals surface area (Å²) in [5, 5.41) is 8.96. The largest absolute Gasteiger partial charge is 0.481 e. The van der Waals surface area contributed by atoms with Gasteiger partial charge in [-0.25, -0.2) is 4.39 Å². The summed E-state index contributed by atoms with van der Waals surface area (Å²) >= 11 is 0. The first-order chi connectivity index (χ1) is 8.93. The highest BCUT2D eigenvalue weighted by Gasteiger charge is 2.15. The molecule has 0 aliphatic carbocycles. The van der Waals surface area contributed by atoms with Crippen molar-refractivity contribution >= 4 is 5.97 Å². The lowest BCUT2D eigenvalue weighted by molar-refractivity contribution is -0.138. The standard InChI is InChI=1S/C15H13FO2/c1-10(15(17)18)12-7-8-13(14(16)9-12)11-5-3-2-4-6-11/h2-10H,1H3,(H,17,18)/i10D. The smallest absolute Gasteiger partial charge is 0.310 e. The van der Waals surface area contributed by atoms with Gasteiger partial charge in [0.1, 0.15) is 5.82 Å². The molecule has 18 heavy (non-hydrogen) atoms. The van der Waals surface area contributed by atoms with Gasteiger partial charge in [0.2, 0.25) is 0 Å². The summed E-state index contributed by atoms with van der Waals surface area (Å²) < 4.78 is 21.8. The van der Waals surface area contributed by atoms with Crippen molar-refractivity contribution in [2.75, 3.05) is 0 Å². The van der Waals surface area contributed by atoms with Gasteiger partial charge in [-0.05, 0) is 24.1 Å². The monoisotopic (exact) mass is 245 g/mol. The summed E-state index contributed by atoms with van der Waals surface area (Å²) in [6.45, 7) is 1.23. The molecule has 2 aromatic carbocycles. The maximum Gasteiger partial charge on any atom is 0.310 e. The molecule has 2 rings (SSSR count). The van der Waals surface area contributed by atoms with E-state index in [9.17, 15) is 9.18 Å². The van der Waals surface area contributed by atoms with Crippen LogP contribution in [-0.4, -0.2) is 11.1 Å². The lowest BCUT2D eigenvalue weighted by Gasteiger charge is -2.09. The number of aliphatic carboxylic acids is 1. The van der Waals surface area contributed by atoms with Crippen LogP contribution in [0.15, 0.2) is 48.5 Å². The minimum Gasteiger partial charge on any atom is -0.481 e. The van der Waals surface area contributed by atoms with Crippen molar-refractivity contribution in [1.29, 1.82) is 0 Å². The minimum atomic E-state index is -1.85. The van der Waals surface area contributed by atoms with Crippen molar-refractivity contribution in [2.24, 2.45) is 0 Å². The van der Waals surface area contributed by atoms with Gasteiger partial charge in [-0.1, -0.05) is 42.5 Å². The second kappa shape index (κ2) is 5.00. The predicted octanol–water partition coefficient (Wildman–Crippen LogP) is 3.68. The quantitative estimate of drug-likeness (QED) is 0.895. The molecule has 0 aromatic heterocycles. The van der Waals surface area contributed by atoms with Crippen molar-refractivity contribution < 1.29 is 15.7 Å². The Kier molecular flexibility index (Phi) is 3.05. The lowest BCUT2D eigenvalue weighted by atomic mass is 9.97. The molecule has 2 aromatic rings. The summed E-state index contributed by atoms with van der Waals surface area (Å²) in [6, 6.07) is 13.1. The van der Waals surface area contributed by atoms with Gasteiger partial charge in [0, 0.05) is 6.93 Å². The zero-order chi connectivity index (χ0) is 14.0. The molecule has 0 heterocycles. The Hall–Kier alpha value is -2.16. The second-order valence-electron chi connectivity index (χ2n) is 3.99. The number of hydrogen-bond donors (Lipinski definition) is 1. The Labute approximate surface area is 106 Å². The Balaban J connectivity index is 2.47. The molecule has 1 N–H and O–H groups in total. The summed E-state index contributed by atoms with van der Waals surface area (Å²) in [5.41, 5.74) is 1.23. The van der Waals surface area contributed by atoms with Gasteiger partial charge in [0.15, 0.2) is 0 Å². The molecule has 0 saturated heterocycles. The van der Waals surface area contributed by atoms with Crippen molar-refractivity contribution in [3.05, 3.63) is 59.9 Å². The fourth-order valence-electron chi connectivity index (χ4n) is 1.72. The van der Waals surface area contributed by atoms with Crippen LogP contribution in [0.1, 0.15) is 19.8 Å². The highest BCUT2D eigenvalue weighted by molar-refractivity contribution is 5.76. The lowest BCUT2D eigenvalue weighted by Crippen LogP contribution is -2.07. The van der Waals surface area contributed by atoms with Crippen molar-refractivity contribution in [1.82, 2.24) is 0 Å². The first-order valence-corrected chi connectivity index (χ1v) is 5.52. The summed E-state index contributed by atoms with van der Waals surface area (Å²) in [7, 11) is 0. The molecule has 0 radical (unpaired) electrons. The molecule has 2 nitrogen and oxygen atoms in total. The molecule has 0 bridgehead atoms. The average Bonchev–Trinajstić information content (AvgIpc) is 2.39. The van der Waals surface area contributed by atoms with Crippen LogP contribution in [0.3, 0.4) is 0 Å². The van der Waals surface area contributed by atoms with Crippen LogP contribution in [-0.2, 0) is 4.79 Å². The van der Waals surface area contributed by atoms with Gasteiger partial charge >= 0.3 is 5.97 Å². The zero-order valence-electron chi connectivity index (χ0n) is 10.9. The van der Waals surface area contributed by atoms with E-state index in [1.54, 1.807) is 24.3 Å². The van der Waals surface area contributed by atoms with Crippen molar-refractivity contribution in [3.8, 4) is 11.1 Å². The molecule has 1 unspecified atom stereocenters. The van der Waals surface area contributed by atoms with E-state index in [0.29, 0.717) is 11.1 Å². The molecular formula is C15H13FO2. The first kappa shape index (κ1) is 11.0. The van der Waals surface area contributed by atoms with E-state index in [4.69, 9.17) is 6.48 Å². The normalized spacial score (nSPS) is 14.7. The maximum absolute atomic E-state index is 14.1. The Morgan fingerprint density at radius 3 is 2.50 bits per heavy atom. The first-order valence-electron chi connectivity index (χ1n) is 6.02. The highest BCUT2D eigenvalue weighted by atomic mass is 19.1. The number of hydrogen-bond acceptors (Lipinski definition) is 1. The van der Waals surface area contributed by atoms with Gasteiger partial charge in [-0.15, -0.1) is 0 Å². The Morgan fingerprint density at radius 1 is 1.28 bits per heavy atom. The van der Waals surface area contributed by atoms with Crippen molar-refractivity contribution in [3.63, 3.8) is 0 Å². The van der Waals surface area contributed by atoms with E-state index in [1.165, 1.54) is 19.1 Å². The van der Waals surface area contributed by atoms with Crippen LogP contribution in [0.5, 0.6) is 0 Å². The number of carbonyl (C=O) groups is 1. The predicted molar refractivity (Wildman–Crippen MR) is 67.9 cm³/mol. The van der Waals surface area contributed by atoms with E-state index >= 15 is 0 Å². The SMILES string of the molecule is [2H]C(C)(C(=O)O)c1ccc(-c2ccccc2)c(F)c1. The van der Waals surface area contributed by atoms with E-state index in [2.05, 4.69) is 0 Å². The van der Waals surface area contributed by atoms with Crippen LogP contribution < -0.4 is 0 Å².